The standard InChI is InChI=1S/C20H30O2/c1-18-9-7-14-15-4-5-17(22)19(15,2)10-8-16(14)20(18,3)11-6-13(21)12-18/h14-16H,4-12H2,1-3H3/t14-,15-,16+,18?,19-,20+/m0/s1. The van der Waals surface area contributed by atoms with Crippen LogP contribution in [0.4, 0.5) is 0 Å². The van der Waals surface area contributed by atoms with E-state index in [9.17, 15) is 9.59 Å². The Morgan fingerprint density at radius 2 is 1.64 bits per heavy atom. The summed E-state index contributed by atoms with van der Waals surface area (Å²) >= 11 is 0. The number of carbonyl (C=O) groups excluding carboxylic acids is 2. The normalized spacial score (nSPS) is 54.6. The molecular weight excluding hydrogens is 272 g/mol. The Labute approximate surface area is 134 Å². The van der Waals surface area contributed by atoms with Crippen molar-refractivity contribution >= 4 is 11.6 Å². The largest absolute Gasteiger partial charge is 0.300 e. The predicted octanol–water partition coefficient (Wildman–Crippen LogP) is 4.56. The van der Waals surface area contributed by atoms with E-state index in [1.165, 1.54) is 19.3 Å². The minimum atomic E-state index is -0.0181. The van der Waals surface area contributed by atoms with E-state index in [1.54, 1.807) is 0 Å². The summed E-state index contributed by atoms with van der Waals surface area (Å²) in [6.45, 7) is 7.12. The number of fused-ring (bicyclic) bond motifs is 5. The van der Waals surface area contributed by atoms with Gasteiger partial charge in [-0.05, 0) is 67.1 Å². The molecule has 0 saturated heterocycles. The van der Waals surface area contributed by atoms with E-state index in [1.807, 2.05) is 0 Å². The number of hydrogen-bond donors (Lipinski definition) is 0. The van der Waals surface area contributed by atoms with Gasteiger partial charge in [-0.3, -0.25) is 9.59 Å². The summed E-state index contributed by atoms with van der Waals surface area (Å²) < 4.78 is 0. The van der Waals surface area contributed by atoms with Gasteiger partial charge in [-0.2, -0.15) is 0 Å². The van der Waals surface area contributed by atoms with Crippen molar-refractivity contribution in [3.05, 3.63) is 0 Å². The highest BCUT2D eigenvalue weighted by Gasteiger charge is 2.63. The highest BCUT2D eigenvalue weighted by Crippen LogP contribution is 2.68. The first kappa shape index (κ1) is 14.9. The van der Waals surface area contributed by atoms with Crippen molar-refractivity contribution in [3.63, 3.8) is 0 Å². The zero-order chi connectivity index (χ0) is 15.8. The average molecular weight is 302 g/mol. The highest BCUT2D eigenvalue weighted by molar-refractivity contribution is 5.87. The number of hydrogen-bond acceptors (Lipinski definition) is 2. The molecule has 0 radical (unpaired) electrons. The molecule has 0 amide bonds. The molecule has 0 aromatic heterocycles. The molecule has 0 aliphatic heterocycles. The van der Waals surface area contributed by atoms with Crippen molar-refractivity contribution in [2.45, 2.75) is 78.6 Å². The van der Waals surface area contributed by atoms with Gasteiger partial charge in [-0.15, -0.1) is 0 Å². The molecule has 2 nitrogen and oxygen atoms in total. The van der Waals surface area contributed by atoms with Crippen molar-refractivity contribution in [1.82, 2.24) is 0 Å². The molecule has 0 heterocycles. The number of ketones is 2. The Morgan fingerprint density at radius 3 is 2.41 bits per heavy atom. The van der Waals surface area contributed by atoms with Crippen molar-refractivity contribution in [2.75, 3.05) is 0 Å². The Bertz CT molecular complexity index is 538. The molecule has 0 aromatic rings. The molecule has 6 atom stereocenters. The van der Waals surface area contributed by atoms with E-state index < -0.39 is 0 Å². The van der Waals surface area contributed by atoms with Gasteiger partial charge in [0.1, 0.15) is 11.6 Å². The average Bonchev–Trinajstić information content (AvgIpc) is 2.76. The lowest BCUT2D eigenvalue weighted by atomic mass is 9.41. The van der Waals surface area contributed by atoms with Crippen LogP contribution in [0.25, 0.3) is 0 Å². The number of carbonyl (C=O) groups is 2. The third-order valence-electron chi connectivity index (χ3n) is 8.88. The first-order chi connectivity index (χ1) is 10.3. The minimum absolute atomic E-state index is 0.0181. The second kappa shape index (κ2) is 4.45. The van der Waals surface area contributed by atoms with E-state index in [2.05, 4.69) is 20.8 Å². The van der Waals surface area contributed by atoms with Gasteiger partial charge in [0.15, 0.2) is 0 Å². The van der Waals surface area contributed by atoms with E-state index in [0.717, 1.165) is 50.4 Å². The van der Waals surface area contributed by atoms with E-state index in [0.29, 0.717) is 22.9 Å². The summed E-state index contributed by atoms with van der Waals surface area (Å²) in [5.41, 5.74) is 0.506. The summed E-state index contributed by atoms with van der Waals surface area (Å²) in [6.07, 6.45) is 9.36. The monoisotopic (exact) mass is 302 g/mol. The Balaban J connectivity index is 1.69. The van der Waals surface area contributed by atoms with Crippen LogP contribution < -0.4 is 0 Å². The minimum Gasteiger partial charge on any atom is -0.300 e. The van der Waals surface area contributed by atoms with Gasteiger partial charge in [-0.1, -0.05) is 20.8 Å². The van der Waals surface area contributed by atoms with Crippen LogP contribution in [0, 0.1) is 34.0 Å². The summed E-state index contributed by atoms with van der Waals surface area (Å²) in [6, 6.07) is 0. The Morgan fingerprint density at radius 1 is 0.864 bits per heavy atom. The van der Waals surface area contributed by atoms with Gasteiger partial charge in [0, 0.05) is 24.7 Å². The third-order valence-corrected chi connectivity index (χ3v) is 8.88. The van der Waals surface area contributed by atoms with Crippen LogP contribution in [0.5, 0.6) is 0 Å². The van der Waals surface area contributed by atoms with E-state index >= 15 is 0 Å². The van der Waals surface area contributed by atoms with Gasteiger partial charge in [0.2, 0.25) is 0 Å². The molecular formula is C20H30O2. The van der Waals surface area contributed by atoms with Crippen molar-refractivity contribution in [2.24, 2.45) is 34.0 Å². The molecule has 4 saturated carbocycles. The smallest absolute Gasteiger partial charge is 0.139 e. The molecule has 2 heteroatoms. The van der Waals surface area contributed by atoms with Crippen LogP contribution in [0.1, 0.15) is 78.6 Å². The van der Waals surface area contributed by atoms with Gasteiger partial charge in [0.25, 0.3) is 0 Å². The fourth-order valence-electron chi connectivity index (χ4n) is 7.17. The molecule has 1 unspecified atom stereocenters. The second-order valence-corrected chi connectivity index (χ2v) is 9.53. The Kier molecular flexibility index (Phi) is 3.02. The molecule has 0 aromatic carbocycles. The maximum atomic E-state index is 12.4. The summed E-state index contributed by atoms with van der Waals surface area (Å²) in [7, 11) is 0. The summed E-state index contributed by atoms with van der Waals surface area (Å²) in [5, 5.41) is 0. The summed E-state index contributed by atoms with van der Waals surface area (Å²) in [5.74, 6) is 3.11. The lowest BCUT2D eigenvalue weighted by molar-refractivity contribution is -0.163. The van der Waals surface area contributed by atoms with Gasteiger partial charge in [0.05, 0.1) is 0 Å². The van der Waals surface area contributed by atoms with Crippen LogP contribution in [0.3, 0.4) is 0 Å². The lowest BCUT2D eigenvalue weighted by Crippen LogP contribution is -2.57. The quantitative estimate of drug-likeness (QED) is 0.657. The molecule has 0 bridgehead atoms. The predicted molar refractivity (Wildman–Crippen MR) is 86.4 cm³/mol. The first-order valence-corrected chi connectivity index (χ1v) is 9.35. The van der Waals surface area contributed by atoms with Crippen molar-refractivity contribution in [1.29, 1.82) is 0 Å². The highest BCUT2D eigenvalue weighted by atomic mass is 16.1. The molecule has 4 fully saturated rings. The van der Waals surface area contributed by atoms with Gasteiger partial charge < -0.3 is 0 Å². The van der Waals surface area contributed by atoms with Crippen LogP contribution in [0.15, 0.2) is 0 Å². The second-order valence-electron chi connectivity index (χ2n) is 9.53. The van der Waals surface area contributed by atoms with Crippen molar-refractivity contribution in [3.8, 4) is 0 Å². The fraction of sp³-hybridized carbons (Fsp3) is 0.900. The zero-order valence-corrected chi connectivity index (χ0v) is 14.4. The SMILES string of the molecule is CC12CC[C@@H]3[C@@H](CC[C@]4(C)C(=O)CC[C@@H]34)[C@@]1(C)CCC(=O)C2. The molecule has 0 spiro atoms. The third kappa shape index (κ3) is 1.67. The molecule has 0 N–H and O–H groups in total. The fourth-order valence-corrected chi connectivity index (χ4v) is 7.17. The van der Waals surface area contributed by atoms with Crippen LogP contribution >= 0.6 is 0 Å². The Hall–Kier alpha value is -0.660. The van der Waals surface area contributed by atoms with Gasteiger partial charge >= 0.3 is 0 Å². The number of Topliss-reactive ketones (excluding diaryl/α,β-unsaturated/α-hetero) is 2. The van der Waals surface area contributed by atoms with Crippen LogP contribution in [-0.4, -0.2) is 11.6 Å². The number of rotatable bonds is 0. The topological polar surface area (TPSA) is 34.1 Å². The van der Waals surface area contributed by atoms with Crippen LogP contribution in [-0.2, 0) is 9.59 Å². The lowest BCUT2D eigenvalue weighted by Gasteiger charge is -2.63. The van der Waals surface area contributed by atoms with Crippen LogP contribution in [0.2, 0.25) is 0 Å². The van der Waals surface area contributed by atoms with Gasteiger partial charge in [-0.25, -0.2) is 0 Å². The molecule has 4 aliphatic rings. The summed E-state index contributed by atoms with van der Waals surface area (Å²) in [4.78, 5) is 24.5. The molecule has 4 aliphatic carbocycles. The molecule has 4 rings (SSSR count). The van der Waals surface area contributed by atoms with E-state index in [-0.39, 0.29) is 10.8 Å². The maximum Gasteiger partial charge on any atom is 0.139 e. The van der Waals surface area contributed by atoms with E-state index in [4.69, 9.17) is 0 Å². The van der Waals surface area contributed by atoms with Crippen molar-refractivity contribution < 1.29 is 9.59 Å². The zero-order valence-electron chi connectivity index (χ0n) is 14.4. The maximum absolute atomic E-state index is 12.4. The first-order valence-electron chi connectivity index (χ1n) is 9.35. The molecule has 122 valence electrons. The molecule has 22 heavy (non-hydrogen) atoms.